The third kappa shape index (κ3) is 3.74. The van der Waals surface area contributed by atoms with Crippen LogP contribution in [0.2, 0.25) is 0 Å². The van der Waals surface area contributed by atoms with Crippen molar-refractivity contribution in [1.29, 1.82) is 0 Å². The van der Waals surface area contributed by atoms with Crippen molar-refractivity contribution in [2.24, 2.45) is 0 Å². The van der Waals surface area contributed by atoms with E-state index in [1.165, 1.54) is 0 Å². The van der Waals surface area contributed by atoms with Gasteiger partial charge in [0.1, 0.15) is 11.6 Å². The number of aromatic nitrogens is 2. The molecule has 0 atom stereocenters. The van der Waals surface area contributed by atoms with Crippen molar-refractivity contribution in [3.05, 3.63) is 41.3 Å². The largest absolute Gasteiger partial charge is 0.365 e. The van der Waals surface area contributed by atoms with Crippen molar-refractivity contribution in [2.45, 2.75) is 12.8 Å². The average molecular weight is 282 g/mol. The Kier molecular flexibility index (Phi) is 4.24. The Morgan fingerprint density at radius 1 is 1.40 bits per heavy atom. The Morgan fingerprint density at radius 2 is 2.20 bits per heavy atom. The average Bonchev–Trinajstić information content (AvgIpc) is 2.80. The van der Waals surface area contributed by atoms with E-state index in [1.807, 2.05) is 0 Å². The van der Waals surface area contributed by atoms with E-state index in [0.717, 1.165) is 18.2 Å². The van der Waals surface area contributed by atoms with E-state index in [4.69, 9.17) is 10.3 Å². The van der Waals surface area contributed by atoms with Gasteiger partial charge in [-0.3, -0.25) is 4.79 Å². The second kappa shape index (κ2) is 6.09. The first-order valence-corrected chi connectivity index (χ1v) is 5.83. The SMILES string of the molecule is Nc1noc(CCNC(=O)Cc2cc(F)ccc2F)n1. The van der Waals surface area contributed by atoms with Gasteiger partial charge in [0.2, 0.25) is 11.8 Å². The molecule has 1 aromatic carbocycles. The summed E-state index contributed by atoms with van der Waals surface area (Å²) in [6.07, 6.45) is 0.0666. The first-order valence-electron chi connectivity index (χ1n) is 5.83. The van der Waals surface area contributed by atoms with Crippen LogP contribution in [0.5, 0.6) is 0 Å². The van der Waals surface area contributed by atoms with Crippen LogP contribution in [-0.4, -0.2) is 22.6 Å². The molecule has 0 aliphatic rings. The van der Waals surface area contributed by atoms with E-state index in [9.17, 15) is 13.6 Å². The van der Waals surface area contributed by atoms with Gasteiger partial charge in [0.15, 0.2) is 0 Å². The van der Waals surface area contributed by atoms with Gasteiger partial charge in [-0.05, 0) is 23.4 Å². The normalized spacial score (nSPS) is 10.5. The van der Waals surface area contributed by atoms with Gasteiger partial charge in [0, 0.05) is 18.5 Å². The Hall–Kier alpha value is -2.51. The third-order valence-electron chi connectivity index (χ3n) is 2.50. The number of hydrogen-bond acceptors (Lipinski definition) is 5. The monoisotopic (exact) mass is 282 g/mol. The number of halogens is 2. The second-order valence-corrected chi connectivity index (χ2v) is 4.06. The highest BCUT2D eigenvalue weighted by Gasteiger charge is 2.10. The third-order valence-corrected chi connectivity index (χ3v) is 2.50. The van der Waals surface area contributed by atoms with Crippen molar-refractivity contribution in [1.82, 2.24) is 15.5 Å². The molecule has 0 bridgehead atoms. The smallest absolute Gasteiger partial charge is 0.260 e. The van der Waals surface area contributed by atoms with Gasteiger partial charge in [0.25, 0.3) is 5.95 Å². The van der Waals surface area contributed by atoms with Crippen LogP contribution in [0.25, 0.3) is 0 Å². The lowest BCUT2D eigenvalue weighted by molar-refractivity contribution is -0.120. The molecule has 1 aromatic heterocycles. The first-order chi connectivity index (χ1) is 9.54. The van der Waals surface area contributed by atoms with Crippen LogP contribution in [0, 0.1) is 11.6 Å². The number of nitrogens with two attached hydrogens (primary N) is 1. The van der Waals surface area contributed by atoms with Crippen molar-refractivity contribution in [2.75, 3.05) is 12.3 Å². The van der Waals surface area contributed by atoms with Gasteiger partial charge in [-0.15, -0.1) is 0 Å². The molecule has 3 N–H and O–H groups in total. The van der Waals surface area contributed by atoms with E-state index >= 15 is 0 Å². The van der Waals surface area contributed by atoms with Crippen molar-refractivity contribution < 1.29 is 18.1 Å². The molecule has 0 aliphatic carbocycles. The fourth-order valence-corrected chi connectivity index (χ4v) is 1.59. The molecule has 106 valence electrons. The van der Waals surface area contributed by atoms with Crippen LogP contribution in [0.1, 0.15) is 11.5 Å². The minimum atomic E-state index is -0.619. The maximum atomic E-state index is 13.3. The minimum Gasteiger partial charge on any atom is -0.365 e. The van der Waals surface area contributed by atoms with Gasteiger partial charge < -0.3 is 15.6 Å². The number of amides is 1. The number of hydrogen-bond donors (Lipinski definition) is 2. The molecular formula is C12H12F2N4O2. The van der Waals surface area contributed by atoms with E-state index in [1.54, 1.807) is 0 Å². The predicted molar refractivity (Wildman–Crippen MR) is 65.5 cm³/mol. The number of nitrogens with one attached hydrogen (secondary N) is 1. The number of nitrogen functional groups attached to an aromatic ring is 1. The number of nitrogens with zero attached hydrogens (tertiary/aromatic N) is 2. The van der Waals surface area contributed by atoms with E-state index in [0.29, 0.717) is 12.3 Å². The zero-order valence-electron chi connectivity index (χ0n) is 10.4. The summed E-state index contributed by atoms with van der Waals surface area (Å²) in [4.78, 5) is 15.3. The number of rotatable bonds is 5. The summed E-state index contributed by atoms with van der Waals surface area (Å²) in [5.41, 5.74) is 5.27. The van der Waals surface area contributed by atoms with Crippen LogP contribution >= 0.6 is 0 Å². The summed E-state index contributed by atoms with van der Waals surface area (Å²) in [6.45, 7) is 0.234. The Morgan fingerprint density at radius 3 is 2.90 bits per heavy atom. The van der Waals surface area contributed by atoms with Crippen molar-refractivity contribution in [3.63, 3.8) is 0 Å². The minimum absolute atomic E-state index is 0.00420. The van der Waals surface area contributed by atoms with Gasteiger partial charge >= 0.3 is 0 Å². The molecular weight excluding hydrogens is 270 g/mol. The molecule has 20 heavy (non-hydrogen) atoms. The molecule has 8 heteroatoms. The number of anilines is 1. The predicted octanol–water partition coefficient (Wildman–Crippen LogP) is 0.831. The molecule has 2 rings (SSSR count). The highest BCUT2D eigenvalue weighted by molar-refractivity contribution is 5.78. The molecule has 2 aromatic rings. The van der Waals surface area contributed by atoms with Crippen LogP contribution < -0.4 is 11.1 Å². The van der Waals surface area contributed by atoms with Crippen molar-refractivity contribution in [3.8, 4) is 0 Å². The van der Waals surface area contributed by atoms with Crippen LogP contribution in [0.15, 0.2) is 22.7 Å². The molecule has 0 aliphatic heterocycles. The number of benzene rings is 1. The van der Waals surface area contributed by atoms with Crippen LogP contribution in [0.4, 0.5) is 14.7 Å². The van der Waals surface area contributed by atoms with Gasteiger partial charge in [0.05, 0.1) is 6.42 Å². The molecule has 0 radical (unpaired) electrons. The standard InChI is InChI=1S/C12H12F2N4O2/c13-8-1-2-9(14)7(5-8)6-10(19)16-4-3-11-17-12(15)18-20-11/h1-2,5H,3-4,6H2,(H2,15,18)(H,16,19). The second-order valence-electron chi connectivity index (χ2n) is 4.06. The van der Waals surface area contributed by atoms with Gasteiger partial charge in [-0.25, -0.2) is 8.78 Å². The zero-order valence-corrected chi connectivity index (χ0v) is 10.4. The van der Waals surface area contributed by atoms with Gasteiger partial charge in [-0.2, -0.15) is 4.98 Å². The zero-order chi connectivity index (χ0) is 14.5. The summed E-state index contributed by atoms with van der Waals surface area (Å²) in [5.74, 6) is -1.32. The van der Waals surface area contributed by atoms with E-state index in [-0.39, 0.29) is 24.5 Å². The fourth-order valence-electron chi connectivity index (χ4n) is 1.59. The molecule has 0 unspecified atom stereocenters. The molecule has 1 heterocycles. The summed E-state index contributed by atoms with van der Waals surface area (Å²) in [7, 11) is 0. The summed E-state index contributed by atoms with van der Waals surface area (Å²) >= 11 is 0. The summed E-state index contributed by atoms with van der Waals surface area (Å²) < 4.78 is 31.0. The van der Waals surface area contributed by atoms with Gasteiger partial charge in [-0.1, -0.05) is 0 Å². The molecule has 0 saturated heterocycles. The summed E-state index contributed by atoms with van der Waals surface area (Å²) in [5, 5.41) is 5.93. The molecule has 0 saturated carbocycles. The lowest BCUT2D eigenvalue weighted by Gasteiger charge is -2.05. The Balaban J connectivity index is 1.82. The number of carbonyl (C=O) groups excluding carboxylic acids is 1. The maximum Gasteiger partial charge on any atom is 0.260 e. The fraction of sp³-hybridized carbons (Fsp3) is 0.250. The van der Waals surface area contributed by atoms with Crippen LogP contribution in [-0.2, 0) is 17.6 Å². The lowest BCUT2D eigenvalue weighted by Crippen LogP contribution is -2.27. The first kappa shape index (κ1) is 13.9. The molecule has 6 nitrogen and oxygen atoms in total. The highest BCUT2D eigenvalue weighted by atomic mass is 19.1. The van der Waals surface area contributed by atoms with Crippen LogP contribution in [0.3, 0.4) is 0 Å². The summed E-state index contributed by atoms with van der Waals surface area (Å²) in [6, 6.07) is 2.98. The number of carbonyl (C=O) groups is 1. The maximum absolute atomic E-state index is 13.3. The topological polar surface area (TPSA) is 94.0 Å². The Labute approximate surface area is 113 Å². The highest BCUT2D eigenvalue weighted by Crippen LogP contribution is 2.10. The molecule has 0 spiro atoms. The van der Waals surface area contributed by atoms with Crippen molar-refractivity contribution >= 4 is 11.9 Å². The Bertz CT molecular complexity index is 615. The quantitative estimate of drug-likeness (QED) is 0.847. The molecule has 0 fully saturated rings. The molecule has 1 amide bonds. The lowest BCUT2D eigenvalue weighted by atomic mass is 10.1. The van der Waals surface area contributed by atoms with E-state index in [2.05, 4.69) is 15.5 Å². The van der Waals surface area contributed by atoms with E-state index < -0.39 is 17.5 Å².